The molecular formula is C15H29N3OS. The van der Waals surface area contributed by atoms with E-state index < -0.39 is 0 Å². The van der Waals surface area contributed by atoms with Crippen LogP contribution in [0.3, 0.4) is 0 Å². The molecular weight excluding hydrogens is 270 g/mol. The first kappa shape index (κ1) is 16.1. The summed E-state index contributed by atoms with van der Waals surface area (Å²) in [5, 5.41) is 3.17. The van der Waals surface area contributed by atoms with E-state index in [0.29, 0.717) is 11.9 Å². The predicted molar refractivity (Wildman–Crippen MR) is 86.3 cm³/mol. The molecule has 2 unspecified atom stereocenters. The van der Waals surface area contributed by atoms with Crippen LogP contribution < -0.4 is 5.32 Å². The fraction of sp³-hybridized carbons (Fsp3) is 0.933. The molecule has 1 amide bonds. The van der Waals surface area contributed by atoms with Crippen molar-refractivity contribution >= 4 is 17.7 Å². The lowest BCUT2D eigenvalue weighted by Gasteiger charge is -2.34. The van der Waals surface area contributed by atoms with Gasteiger partial charge in [0.15, 0.2) is 0 Å². The lowest BCUT2D eigenvalue weighted by Crippen LogP contribution is -2.51. The van der Waals surface area contributed by atoms with Gasteiger partial charge >= 0.3 is 0 Å². The molecule has 0 radical (unpaired) electrons. The van der Waals surface area contributed by atoms with Gasteiger partial charge in [-0.2, -0.15) is 11.8 Å². The maximum atomic E-state index is 12.6. The van der Waals surface area contributed by atoms with Gasteiger partial charge in [-0.05, 0) is 33.0 Å². The van der Waals surface area contributed by atoms with Crippen LogP contribution in [0.15, 0.2) is 0 Å². The SMILES string of the molecule is CCN1CCCCCC1CN1CCSCC(NC)C1=O. The molecule has 0 aromatic heterocycles. The summed E-state index contributed by atoms with van der Waals surface area (Å²) in [4.78, 5) is 17.2. The lowest BCUT2D eigenvalue weighted by molar-refractivity contribution is -0.133. The molecule has 2 heterocycles. The topological polar surface area (TPSA) is 35.6 Å². The molecule has 0 spiro atoms. The monoisotopic (exact) mass is 299 g/mol. The average molecular weight is 299 g/mol. The minimum atomic E-state index is 0.00311. The Labute approximate surface area is 127 Å². The first-order chi connectivity index (χ1) is 9.76. The standard InChI is InChI=1S/C15H29N3OS/c1-3-17-8-6-4-5-7-13(17)11-18-9-10-20-12-14(16-2)15(18)19/h13-14,16H,3-12H2,1-2H3. The summed E-state index contributed by atoms with van der Waals surface area (Å²) in [7, 11) is 1.90. The molecule has 5 heteroatoms. The maximum Gasteiger partial charge on any atom is 0.240 e. The third-order valence-electron chi connectivity index (χ3n) is 4.58. The number of carbonyl (C=O) groups is 1. The lowest BCUT2D eigenvalue weighted by atomic mass is 10.1. The van der Waals surface area contributed by atoms with Crippen molar-refractivity contribution in [3.63, 3.8) is 0 Å². The van der Waals surface area contributed by atoms with Crippen LogP contribution in [0.5, 0.6) is 0 Å². The van der Waals surface area contributed by atoms with Crippen molar-refractivity contribution in [3.8, 4) is 0 Å². The van der Waals surface area contributed by atoms with Crippen molar-refractivity contribution < 1.29 is 4.79 Å². The molecule has 0 aromatic carbocycles. The van der Waals surface area contributed by atoms with Gasteiger partial charge in [0.1, 0.15) is 0 Å². The quantitative estimate of drug-likeness (QED) is 0.851. The summed E-state index contributed by atoms with van der Waals surface area (Å²) in [6.07, 6.45) is 5.21. The van der Waals surface area contributed by atoms with E-state index in [2.05, 4.69) is 22.0 Å². The number of amides is 1. The molecule has 2 fully saturated rings. The van der Waals surface area contributed by atoms with Gasteiger partial charge in [0, 0.05) is 30.6 Å². The molecule has 0 saturated carbocycles. The number of nitrogens with zero attached hydrogens (tertiary/aromatic N) is 2. The third-order valence-corrected chi connectivity index (χ3v) is 5.62. The van der Waals surface area contributed by atoms with Crippen molar-refractivity contribution in [2.75, 3.05) is 44.7 Å². The van der Waals surface area contributed by atoms with Crippen LogP contribution in [0, 0.1) is 0 Å². The highest BCUT2D eigenvalue weighted by molar-refractivity contribution is 7.99. The molecule has 2 rings (SSSR count). The van der Waals surface area contributed by atoms with Crippen molar-refractivity contribution in [2.45, 2.75) is 44.7 Å². The average Bonchev–Trinajstić information content (AvgIpc) is 2.79. The van der Waals surface area contributed by atoms with Gasteiger partial charge in [-0.25, -0.2) is 0 Å². The highest BCUT2D eigenvalue weighted by Gasteiger charge is 2.29. The van der Waals surface area contributed by atoms with Crippen LogP contribution in [0.2, 0.25) is 0 Å². The van der Waals surface area contributed by atoms with Crippen LogP contribution in [0.25, 0.3) is 0 Å². The summed E-state index contributed by atoms with van der Waals surface area (Å²) in [6.45, 7) is 6.39. The van der Waals surface area contributed by atoms with Crippen molar-refractivity contribution in [2.24, 2.45) is 0 Å². The van der Waals surface area contributed by atoms with Crippen molar-refractivity contribution in [1.82, 2.24) is 15.1 Å². The van der Waals surface area contributed by atoms with Gasteiger partial charge in [-0.15, -0.1) is 0 Å². The number of thioether (sulfide) groups is 1. The van der Waals surface area contributed by atoms with E-state index in [-0.39, 0.29) is 6.04 Å². The fourth-order valence-corrected chi connectivity index (χ4v) is 4.34. The second-order valence-corrected chi connectivity index (χ2v) is 6.98. The highest BCUT2D eigenvalue weighted by Crippen LogP contribution is 2.19. The van der Waals surface area contributed by atoms with E-state index in [1.165, 1.54) is 32.2 Å². The fourth-order valence-electron chi connectivity index (χ4n) is 3.28. The van der Waals surface area contributed by atoms with Crippen LogP contribution in [-0.4, -0.2) is 72.5 Å². The van der Waals surface area contributed by atoms with Crippen molar-refractivity contribution in [3.05, 3.63) is 0 Å². The summed E-state index contributed by atoms with van der Waals surface area (Å²) in [6, 6.07) is 0.565. The van der Waals surface area contributed by atoms with Gasteiger partial charge in [0.25, 0.3) is 0 Å². The largest absolute Gasteiger partial charge is 0.339 e. The number of rotatable bonds is 4. The molecule has 0 aliphatic carbocycles. The molecule has 1 N–H and O–H groups in total. The molecule has 0 aromatic rings. The Bertz CT molecular complexity index is 313. The Morgan fingerprint density at radius 3 is 2.90 bits per heavy atom. The van der Waals surface area contributed by atoms with E-state index in [1.807, 2.05) is 18.8 Å². The molecule has 4 nitrogen and oxygen atoms in total. The Balaban J connectivity index is 1.99. The number of carbonyl (C=O) groups excluding carboxylic acids is 1. The number of likely N-dealkylation sites (tertiary alicyclic amines) is 1. The zero-order chi connectivity index (χ0) is 14.4. The van der Waals surface area contributed by atoms with Crippen LogP contribution >= 0.6 is 11.8 Å². The summed E-state index contributed by atoms with van der Waals surface area (Å²) < 4.78 is 0. The number of likely N-dealkylation sites (N-methyl/N-ethyl adjacent to an activating group) is 2. The zero-order valence-corrected chi connectivity index (χ0v) is 13.8. The predicted octanol–water partition coefficient (Wildman–Crippen LogP) is 1.41. The van der Waals surface area contributed by atoms with Gasteiger partial charge in [0.05, 0.1) is 6.04 Å². The first-order valence-corrected chi connectivity index (χ1v) is 9.19. The van der Waals surface area contributed by atoms with Gasteiger partial charge in [-0.3, -0.25) is 9.69 Å². The Morgan fingerprint density at radius 2 is 2.15 bits per heavy atom. The number of hydrogen-bond acceptors (Lipinski definition) is 4. The summed E-state index contributed by atoms with van der Waals surface area (Å²) >= 11 is 1.89. The van der Waals surface area contributed by atoms with Crippen LogP contribution in [0.1, 0.15) is 32.6 Å². The van der Waals surface area contributed by atoms with Gasteiger partial charge < -0.3 is 10.2 Å². The van der Waals surface area contributed by atoms with E-state index in [4.69, 9.17) is 0 Å². The van der Waals surface area contributed by atoms with Gasteiger partial charge in [0.2, 0.25) is 5.91 Å². The van der Waals surface area contributed by atoms with E-state index in [1.54, 1.807) is 0 Å². The highest BCUT2D eigenvalue weighted by atomic mass is 32.2. The molecule has 2 aliphatic rings. The Kier molecular flexibility index (Phi) is 6.65. The molecule has 2 aliphatic heterocycles. The summed E-state index contributed by atoms with van der Waals surface area (Å²) in [5.41, 5.74) is 0. The van der Waals surface area contributed by atoms with Crippen molar-refractivity contribution in [1.29, 1.82) is 0 Å². The molecule has 0 bridgehead atoms. The minimum absolute atomic E-state index is 0.00311. The second kappa shape index (κ2) is 8.25. The van der Waals surface area contributed by atoms with Crippen LogP contribution in [-0.2, 0) is 4.79 Å². The molecule has 20 heavy (non-hydrogen) atoms. The van der Waals surface area contributed by atoms with E-state index >= 15 is 0 Å². The second-order valence-electron chi connectivity index (χ2n) is 5.83. The third kappa shape index (κ3) is 4.12. The Morgan fingerprint density at radius 1 is 1.30 bits per heavy atom. The van der Waals surface area contributed by atoms with Gasteiger partial charge in [-0.1, -0.05) is 19.8 Å². The Hall–Kier alpha value is -0.260. The smallest absolute Gasteiger partial charge is 0.240 e. The van der Waals surface area contributed by atoms with E-state index in [0.717, 1.165) is 31.1 Å². The molecule has 116 valence electrons. The maximum absolute atomic E-state index is 12.6. The summed E-state index contributed by atoms with van der Waals surface area (Å²) in [5.74, 6) is 2.29. The molecule has 2 atom stereocenters. The molecule has 2 saturated heterocycles. The van der Waals surface area contributed by atoms with Crippen LogP contribution in [0.4, 0.5) is 0 Å². The number of nitrogens with one attached hydrogen (secondary N) is 1. The zero-order valence-electron chi connectivity index (χ0n) is 12.9. The number of hydrogen-bond donors (Lipinski definition) is 1. The van der Waals surface area contributed by atoms with E-state index in [9.17, 15) is 4.79 Å². The first-order valence-electron chi connectivity index (χ1n) is 8.04. The minimum Gasteiger partial charge on any atom is -0.339 e. The normalized spacial score (nSPS) is 30.1.